The Morgan fingerprint density at radius 1 is 1.30 bits per heavy atom. The number of thiazole rings is 1. The molecule has 0 bridgehead atoms. The lowest BCUT2D eigenvalue weighted by atomic mass is 10.1. The van der Waals surface area contributed by atoms with Crippen molar-refractivity contribution in [3.63, 3.8) is 0 Å². The Bertz CT molecular complexity index is 606. The van der Waals surface area contributed by atoms with E-state index < -0.39 is 0 Å². The zero-order valence-electron chi connectivity index (χ0n) is 13.4. The molecule has 1 aliphatic carbocycles. The number of hydrogen-bond donors (Lipinski definition) is 0. The van der Waals surface area contributed by atoms with Gasteiger partial charge in [0.2, 0.25) is 0 Å². The van der Waals surface area contributed by atoms with E-state index in [2.05, 4.69) is 15.4 Å². The van der Waals surface area contributed by atoms with Crippen molar-refractivity contribution in [3.8, 4) is 0 Å². The quantitative estimate of drug-likeness (QED) is 0.844. The molecule has 0 spiro atoms. The molecule has 3 heterocycles. The van der Waals surface area contributed by atoms with Crippen LogP contribution >= 0.6 is 11.3 Å². The maximum Gasteiger partial charge on any atom is 0.0959 e. The third-order valence-corrected chi connectivity index (χ3v) is 5.89. The van der Waals surface area contributed by atoms with E-state index in [1.54, 1.807) is 0 Å². The molecule has 6 heteroatoms. The Morgan fingerprint density at radius 2 is 2.22 bits per heavy atom. The summed E-state index contributed by atoms with van der Waals surface area (Å²) >= 11 is 1.86. The minimum Gasteiger partial charge on any atom is -0.374 e. The van der Waals surface area contributed by atoms with Gasteiger partial charge in [-0.1, -0.05) is 12.8 Å². The highest BCUT2D eigenvalue weighted by molar-refractivity contribution is 7.09. The highest BCUT2D eigenvalue weighted by Crippen LogP contribution is 2.35. The van der Waals surface area contributed by atoms with E-state index in [1.807, 2.05) is 34.5 Å². The summed E-state index contributed by atoms with van der Waals surface area (Å²) in [7, 11) is 0. The van der Waals surface area contributed by atoms with Crippen LogP contribution in [-0.2, 0) is 17.8 Å². The van der Waals surface area contributed by atoms with Gasteiger partial charge in [-0.2, -0.15) is 5.10 Å². The van der Waals surface area contributed by atoms with Gasteiger partial charge in [0.1, 0.15) is 0 Å². The van der Waals surface area contributed by atoms with Gasteiger partial charge in [0.15, 0.2) is 0 Å². The summed E-state index contributed by atoms with van der Waals surface area (Å²) in [5.74, 6) is 0.728. The van der Waals surface area contributed by atoms with Gasteiger partial charge >= 0.3 is 0 Å². The fourth-order valence-electron chi connectivity index (χ4n) is 3.64. The molecule has 2 fully saturated rings. The van der Waals surface area contributed by atoms with Crippen molar-refractivity contribution in [2.75, 3.05) is 19.7 Å². The lowest BCUT2D eigenvalue weighted by Crippen LogP contribution is -2.43. The van der Waals surface area contributed by atoms with Crippen molar-refractivity contribution in [1.29, 1.82) is 0 Å². The highest BCUT2D eigenvalue weighted by atomic mass is 32.1. The molecule has 23 heavy (non-hydrogen) atoms. The Kier molecular flexibility index (Phi) is 4.73. The predicted molar refractivity (Wildman–Crippen MR) is 90.6 cm³/mol. The van der Waals surface area contributed by atoms with Crippen LogP contribution in [0.25, 0.3) is 0 Å². The van der Waals surface area contributed by atoms with Gasteiger partial charge in [-0.25, -0.2) is 4.98 Å². The summed E-state index contributed by atoms with van der Waals surface area (Å²) < 4.78 is 7.84. The molecule has 0 amide bonds. The SMILES string of the molecule is c1cnn(C[C@H]2CN(Cc3csc(C4CCCC4)n3)CCO2)c1. The van der Waals surface area contributed by atoms with Gasteiger partial charge in [0.25, 0.3) is 0 Å². The highest BCUT2D eigenvalue weighted by Gasteiger charge is 2.23. The van der Waals surface area contributed by atoms with E-state index in [0.29, 0.717) is 0 Å². The molecule has 1 saturated carbocycles. The summed E-state index contributed by atoms with van der Waals surface area (Å²) in [5, 5.41) is 7.89. The molecule has 5 nitrogen and oxygen atoms in total. The van der Waals surface area contributed by atoms with Crippen LogP contribution in [0.1, 0.15) is 42.3 Å². The first-order chi connectivity index (χ1) is 11.4. The standard InChI is InChI=1S/C17H24N4OS/c1-2-5-14(4-1)17-19-15(13-23-17)10-20-8-9-22-16(11-20)12-21-7-3-6-18-21/h3,6-7,13-14,16H,1-2,4-5,8-12H2/t16-/m1/s1. The van der Waals surface area contributed by atoms with Gasteiger partial charge in [-0.15, -0.1) is 11.3 Å². The van der Waals surface area contributed by atoms with Crippen molar-refractivity contribution in [1.82, 2.24) is 19.7 Å². The van der Waals surface area contributed by atoms with Crippen LogP contribution in [0.3, 0.4) is 0 Å². The molecule has 0 radical (unpaired) electrons. The molecule has 1 atom stereocenters. The van der Waals surface area contributed by atoms with Crippen LogP contribution in [0.4, 0.5) is 0 Å². The third kappa shape index (κ3) is 3.82. The second-order valence-corrected chi connectivity index (χ2v) is 7.50. The van der Waals surface area contributed by atoms with Gasteiger partial charge in [-0.05, 0) is 18.9 Å². The maximum atomic E-state index is 5.89. The first-order valence-corrected chi connectivity index (χ1v) is 9.50. The Hall–Kier alpha value is -1.24. The molecule has 2 aromatic rings. The molecule has 2 aliphatic rings. The summed E-state index contributed by atoms with van der Waals surface area (Å²) in [6.07, 6.45) is 9.44. The van der Waals surface area contributed by atoms with E-state index in [1.165, 1.54) is 36.4 Å². The second kappa shape index (κ2) is 7.11. The molecular formula is C17H24N4OS. The summed E-state index contributed by atoms with van der Waals surface area (Å²) in [4.78, 5) is 7.37. The predicted octanol–water partition coefficient (Wildman–Crippen LogP) is 2.90. The number of aromatic nitrogens is 3. The number of rotatable bonds is 5. The summed E-state index contributed by atoms with van der Waals surface area (Å²) in [5.41, 5.74) is 1.23. The number of ether oxygens (including phenoxy) is 1. The molecule has 2 aromatic heterocycles. The van der Waals surface area contributed by atoms with E-state index in [-0.39, 0.29) is 6.10 Å². The third-order valence-electron chi connectivity index (χ3n) is 4.83. The first kappa shape index (κ1) is 15.3. The largest absolute Gasteiger partial charge is 0.374 e. The molecule has 124 valence electrons. The Labute approximate surface area is 141 Å². The van der Waals surface area contributed by atoms with Crippen LogP contribution in [0.5, 0.6) is 0 Å². The Morgan fingerprint density at radius 3 is 3.04 bits per heavy atom. The van der Waals surface area contributed by atoms with E-state index >= 15 is 0 Å². The van der Waals surface area contributed by atoms with Gasteiger partial charge in [-0.3, -0.25) is 9.58 Å². The minimum absolute atomic E-state index is 0.219. The summed E-state index contributed by atoms with van der Waals surface area (Å²) in [6.45, 7) is 4.52. The number of nitrogens with zero attached hydrogens (tertiary/aromatic N) is 4. The van der Waals surface area contributed by atoms with E-state index in [9.17, 15) is 0 Å². The first-order valence-electron chi connectivity index (χ1n) is 8.62. The monoisotopic (exact) mass is 332 g/mol. The molecule has 1 aliphatic heterocycles. The Balaban J connectivity index is 1.33. The van der Waals surface area contributed by atoms with Gasteiger partial charge in [0.05, 0.1) is 30.0 Å². The molecule has 0 aromatic carbocycles. The zero-order valence-corrected chi connectivity index (χ0v) is 14.2. The van der Waals surface area contributed by atoms with Crippen LogP contribution in [-0.4, -0.2) is 45.5 Å². The fraction of sp³-hybridized carbons (Fsp3) is 0.647. The topological polar surface area (TPSA) is 43.2 Å². The van der Waals surface area contributed by atoms with Crippen LogP contribution < -0.4 is 0 Å². The minimum atomic E-state index is 0.219. The van der Waals surface area contributed by atoms with Gasteiger partial charge in [0, 0.05) is 43.3 Å². The average Bonchev–Trinajstić information content (AvgIpc) is 3.30. The lowest BCUT2D eigenvalue weighted by Gasteiger charge is -2.32. The van der Waals surface area contributed by atoms with Crippen molar-refractivity contribution in [2.45, 2.75) is 50.8 Å². The smallest absolute Gasteiger partial charge is 0.0959 e. The fourth-order valence-corrected chi connectivity index (χ4v) is 4.62. The molecule has 0 N–H and O–H groups in total. The molecule has 4 rings (SSSR count). The number of hydrogen-bond acceptors (Lipinski definition) is 5. The summed E-state index contributed by atoms with van der Waals surface area (Å²) in [6, 6.07) is 1.96. The number of morpholine rings is 1. The lowest BCUT2D eigenvalue weighted by molar-refractivity contribution is -0.0405. The zero-order chi connectivity index (χ0) is 15.5. The molecular weight excluding hydrogens is 308 g/mol. The van der Waals surface area contributed by atoms with Crippen LogP contribution in [0.15, 0.2) is 23.8 Å². The molecule has 1 saturated heterocycles. The average molecular weight is 332 g/mol. The van der Waals surface area contributed by atoms with Crippen molar-refractivity contribution < 1.29 is 4.74 Å². The van der Waals surface area contributed by atoms with Crippen molar-refractivity contribution in [2.24, 2.45) is 0 Å². The van der Waals surface area contributed by atoms with E-state index in [0.717, 1.165) is 38.7 Å². The van der Waals surface area contributed by atoms with Crippen molar-refractivity contribution in [3.05, 3.63) is 34.5 Å². The van der Waals surface area contributed by atoms with Gasteiger partial charge < -0.3 is 4.74 Å². The van der Waals surface area contributed by atoms with Crippen LogP contribution in [0.2, 0.25) is 0 Å². The van der Waals surface area contributed by atoms with Crippen LogP contribution in [0, 0.1) is 0 Å². The molecule has 0 unspecified atom stereocenters. The normalized spacial score (nSPS) is 23.6. The van der Waals surface area contributed by atoms with Crippen molar-refractivity contribution >= 4 is 11.3 Å². The maximum absolute atomic E-state index is 5.89. The van der Waals surface area contributed by atoms with E-state index in [4.69, 9.17) is 9.72 Å². The second-order valence-electron chi connectivity index (χ2n) is 6.61.